The molecule has 0 aromatic rings. The van der Waals surface area contributed by atoms with Gasteiger partial charge in [-0.25, -0.2) is 0 Å². The second kappa shape index (κ2) is 8.55. The van der Waals surface area contributed by atoms with Gasteiger partial charge < -0.3 is 10.2 Å². The fourth-order valence-electron chi connectivity index (χ4n) is 9.85. The molecular formula is C32H52O3. The van der Waals surface area contributed by atoms with E-state index in [4.69, 9.17) is 0 Å². The zero-order valence-electron chi connectivity index (χ0n) is 24.1. The highest BCUT2D eigenvalue weighted by molar-refractivity contribution is 6.03. The number of hydrogen-bond acceptors (Lipinski definition) is 3. The van der Waals surface area contributed by atoms with E-state index in [1.54, 1.807) is 6.92 Å². The lowest BCUT2D eigenvalue weighted by molar-refractivity contribution is -0.215. The van der Waals surface area contributed by atoms with Crippen LogP contribution in [0.3, 0.4) is 0 Å². The second-order valence-electron chi connectivity index (χ2n) is 15.2. The van der Waals surface area contributed by atoms with Crippen LogP contribution in [-0.2, 0) is 4.79 Å². The average molecular weight is 485 g/mol. The van der Waals surface area contributed by atoms with Gasteiger partial charge in [0.15, 0.2) is 5.78 Å². The van der Waals surface area contributed by atoms with Crippen molar-refractivity contribution in [2.24, 2.45) is 57.2 Å². The first-order chi connectivity index (χ1) is 16.0. The first-order valence-corrected chi connectivity index (χ1v) is 14.3. The van der Waals surface area contributed by atoms with Crippen molar-refractivity contribution in [3.8, 4) is 0 Å². The van der Waals surface area contributed by atoms with E-state index >= 15 is 0 Å². The monoisotopic (exact) mass is 484 g/mol. The standard InChI is InChI=1S/C32H52O3/c1-18-11-12-22(13-14-29(5,6)7)23-16-30(8)17-31(9)15-19(2)24(21(4)33)28(35)32(31,10)20(3)26(30)27(34)25(18)23/h11-12,18,20-23,25-27,33-34H,13-17H2,1-10H3. The van der Waals surface area contributed by atoms with Crippen LogP contribution in [0, 0.1) is 57.2 Å². The Bertz CT molecular complexity index is 922. The molecule has 35 heavy (non-hydrogen) atoms. The first-order valence-electron chi connectivity index (χ1n) is 14.3. The highest BCUT2D eigenvalue weighted by atomic mass is 16.3. The number of aliphatic hydroxyl groups is 2. The van der Waals surface area contributed by atoms with E-state index in [9.17, 15) is 15.0 Å². The minimum Gasteiger partial charge on any atom is -0.392 e. The van der Waals surface area contributed by atoms with Gasteiger partial charge in [-0.1, -0.05) is 73.1 Å². The third-order valence-electron chi connectivity index (χ3n) is 11.6. The van der Waals surface area contributed by atoms with Crippen LogP contribution in [0.1, 0.15) is 101 Å². The Morgan fingerprint density at radius 1 is 1.14 bits per heavy atom. The number of fused-ring (bicyclic) bond motifs is 3. The van der Waals surface area contributed by atoms with E-state index in [2.05, 4.69) is 67.5 Å². The SMILES string of the molecule is CC1=C(C(C)O)C(=O)C2(C)C(C)C3C(O)C4C(C)C=CC(CCC(C)(C)C)C4CC3(C)CC2(C)C1. The Balaban J connectivity index is 1.75. The smallest absolute Gasteiger partial charge is 0.168 e. The Morgan fingerprint density at radius 2 is 1.77 bits per heavy atom. The molecule has 0 spiro atoms. The Morgan fingerprint density at radius 3 is 2.34 bits per heavy atom. The zero-order valence-corrected chi connectivity index (χ0v) is 24.1. The molecule has 2 saturated carbocycles. The van der Waals surface area contributed by atoms with Crippen molar-refractivity contribution >= 4 is 5.78 Å². The van der Waals surface area contributed by atoms with Crippen molar-refractivity contribution in [2.75, 3.05) is 0 Å². The van der Waals surface area contributed by atoms with E-state index in [-0.39, 0.29) is 34.4 Å². The number of carbonyl (C=O) groups excluding carboxylic acids is 1. The lowest BCUT2D eigenvalue weighted by Crippen LogP contribution is -2.67. The van der Waals surface area contributed by atoms with Gasteiger partial charge >= 0.3 is 0 Å². The number of Topliss-reactive ketones (excluding diaryl/α,β-unsaturated/α-hetero) is 1. The van der Waals surface area contributed by atoms with Crippen LogP contribution < -0.4 is 0 Å². The highest BCUT2D eigenvalue weighted by Gasteiger charge is 2.69. The van der Waals surface area contributed by atoms with Crippen LogP contribution in [0.15, 0.2) is 23.3 Å². The molecule has 2 N–H and O–H groups in total. The average Bonchev–Trinajstić information content (AvgIpc) is 2.68. The molecule has 2 fully saturated rings. The van der Waals surface area contributed by atoms with Crippen molar-refractivity contribution < 1.29 is 15.0 Å². The first kappa shape index (κ1) is 27.1. The van der Waals surface area contributed by atoms with Gasteiger partial charge in [0, 0.05) is 11.0 Å². The summed E-state index contributed by atoms with van der Waals surface area (Å²) in [4.78, 5) is 14.1. The van der Waals surface area contributed by atoms with Crippen LogP contribution in [0.25, 0.3) is 0 Å². The minimum absolute atomic E-state index is 0.00202. The van der Waals surface area contributed by atoms with Crippen molar-refractivity contribution in [1.82, 2.24) is 0 Å². The molecule has 3 heteroatoms. The van der Waals surface area contributed by atoms with E-state index in [1.807, 2.05) is 6.92 Å². The van der Waals surface area contributed by atoms with Gasteiger partial charge in [-0.3, -0.25) is 4.79 Å². The number of allylic oxidation sites excluding steroid dienone is 3. The van der Waals surface area contributed by atoms with Crippen molar-refractivity contribution in [3.63, 3.8) is 0 Å². The summed E-state index contributed by atoms with van der Waals surface area (Å²) in [6.07, 6.45) is 9.04. The maximum atomic E-state index is 14.1. The third kappa shape index (κ3) is 4.02. The van der Waals surface area contributed by atoms with E-state index in [0.717, 1.165) is 24.8 Å². The number of rotatable bonds is 3. The molecule has 4 aliphatic carbocycles. The molecule has 3 nitrogen and oxygen atoms in total. The summed E-state index contributed by atoms with van der Waals surface area (Å²) in [6, 6.07) is 0. The van der Waals surface area contributed by atoms with Crippen molar-refractivity contribution in [2.45, 2.75) is 114 Å². The van der Waals surface area contributed by atoms with Crippen LogP contribution in [0.5, 0.6) is 0 Å². The van der Waals surface area contributed by atoms with E-state index < -0.39 is 17.6 Å². The quantitative estimate of drug-likeness (QED) is 0.425. The predicted octanol–water partition coefficient (Wildman–Crippen LogP) is 6.98. The Hall–Kier alpha value is -0.930. The molecule has 4 rings (SSSR count). The van der Waals surface area contributed by atoms with Gasteiger partial charge in [0.05, 0.1) is 12.2 Å². The summed E-state index contributed by atoms with van der Waals surface area (Å²) in [6.45, 7) is 22.2. The molecule has 0 amide bonds. The lowest BCUT2D eigenvalue weighted by atomic mass is 9.35. The van der Waals surface area contributed by atoms with Gasteiger partial charge in [0.2, 0.25) is 0 Å². The Kier molecular flexibility index (Phi) is 6.62. The summed E-state index contributed by atoms with van der Waals surface area (Å²) < 4.78 is 0. The number of carbonyl (C=O) groups is 1. The predicted molar refractivity (Wildman–Crippen MR) is 144 cm³/mol. The Labute approximate surface area is 214 Å². The third-order valence-corrected chi connectivity index (χ3v) is 11.6. The summed E-state index contributed by atoms with van der Waals surface area (Å²) in [5.41, 5.74) is 1.26. The summed E-state index contributed by atoms with van der Waals surface area (Å²) in [5, 5.41) is 22.7. The summed E-state index contributed by atoms with van der Waals surface area (Å²) in [7, 11) is 0. The molecule has 0 bridgehead atoms. The summed E-state index contributed by atoms with van der Waals surface area (Å²) in [5.74, 6) is 1.91. The molecule has 11 atom stereocenters. The molecule has 0 aromatic heterocycles. The number of hydrogen-bond donors (Lipinski definition) is 2. The topological polar surface area (TPSA) is 57.5 Å². The number of ketones is 1. The molecule has 0 heterocycles. The fourth-order valence-corrected chi connectivity index (χ4v) is 9.85. The molecule has 0 radical (unpaired) electrons. The van der Waals surface area contributed by atoms with E-state index in [1.165, 1.54) is 12.8 Å². The van der Waals surface area contributed by atoms with Crippen molar-refractivity contribution in [1.29, 1.82) is 0 Å². The maximum Gasteiger partial charge on any atom is 0.168 e. The molecule has 0 aliphatic heterocycles. The molecule has 198 valence electrons. The van der Waals surface area contributed by atoms with Crippen LogP contribution >= 0.6 is 0 Å². The molecule has 0 aromatic carbocycles. The normalized spacial score (nSPS) is 48.8. The van der Waals surface area contributed by atoms with Gasteiger partial charge in [0.25, 0.3) is 0 Å². The maximum absolute atomic E-state index is 14.1. The van der Waals surface area contributed by atoms with Gasteiger partial charge in [-0.05, 0) is 97.7 Å². The molecular weight excluding hydrogens is 432 g/mol. The highest BCUT2D eigenvalue weighted by Crippen LogP contribution is 2.71. The zero-order chi connectivity index (χ0) is 26.3. The molecule has 0 saturated heterocycles. The van der Waals surface area contributed by atoms with Gasteiger partial charge in [-0.2, -0.15) is 0 Å². The molecule has 11 unspecified atom stereocenters. The second-order valence-corrected chi connectivity index (χ2v) is 15.2. The van der Waals surface area contributed by atoms with Crippen LogP contribution in [0.4, 0.5) is 0 Å². The van der Waals surface area contributed by atoms with Crippen molar-refractivity contribution in [3.05, 3.63) is 23.3 Å². The van der Waals surface area contributed by atoms with Crippen LogP contribution in [0.2, 0.25) is 0 Å². The van der Waals surface area contributed by atoms with Gasteiger partial charge in [0.1, 0.15) is 0 Å². The fraction of sp³-hybridized carbons (Fsp3) is 0.844. The minimum atomic E-state index is -0.739. The molecule has 4 aliphatic rings. The lowest BCUT2D eigenvalue weighted by Gasteiger charge is -2.68. The van der Waals surface area contributed by atoms with Crippen LogP contribution in [-0.4, -0.2) is 28.2 Å². The number of aliphatic hydroxyl groups excluding tert-OH is 2. The largest absolute Gasteiger partial charge is 0.392 e. The van der Waals surface area contributed by atoms with Gasteiger partial charge in [-0.15, -0.1) is 0 Å². The van der Waals surface area contributed by atoms with E-state index in [0.29, 0.717) is 28.7 Å². The summed E-state index contributed by atoms with van der Waals surface area (Å²) >= 11 is 0.